The van der Waals surface area contributed by atoms with E-state index in [1.807, 2.05) is 20.0 Å². The second-order valence-electron chi connectivity index (χ2n) is 4.96. The summed E-state index contributed by atoms with van der Waals surface area (Å²) in [5.41, 5.74) is 1.18. The van der Waals surface area contributed by atoms with Gasteiger partial charge in [-0.1, -0.05) is 0 Å². The molecule has 1 aromatic rings. The van der Waals surface area contributed by atoms with E-state index in [0.717, 1.165) is 18.8 Å². The lowest BCUT2D eigenvalue weighted by Crippen LogP contribution is -2.26. The van der Waals surface area contributed by atoms with Crippen molar-refractivity contribution in [2.75, 3.05) is 32.1 Å². The van der Waals surface area contributed by atoms with Gasteiger partial charge in [-0.2, -0.15) is 0 Å². The van der Waals surface area contributed by atoms with Crippen LogP contribution >= 0.6 is 0 Å². The molecule has 1 aromatic carbocycles. The number of anilines is 1. The van der Waals surface area contributed by atoms with E-state index in [0.29, 0.717) is 17.8 Å². The first kappa shape index (κ1) is 13.1. The number of halogens is 1. The first-order chi connectivity index (χ1) is 8.69. The van der Waals surface area contributed by atoms with Crippen molar-refractivity contribution in [3.63, 3.8) is 0 Å². The van der Waals surface area contributed by atoms with Crippen molar-refractivity contribution in [3.8, 4) is 5.75 Å². The van der Waals surface area contributed by atoms with Crippen LogP contribution in [0.15, 0.2) is 18.2 Å². The third-order valence-electron chi connectivity index (χ3n) is 3.41. The number of benzene rings is 1. The summed E-state index contributed by atoms with van der Waals surface area (Å²) in [5, 5.41) is 6.52. The summed E-state index contributed by atoms with van der Waals surface area (Å²) in [7, 11) is 1.97. The van der Waals surface area contributed by atoms with Gasteiger partial charge in [0.2, 0.25) is 0 Å². The Morgan fingerprint density at radius 3 is 2.67 bits per heavy atom. The van der Waals surface area contributed by atoms with Crippen LogP contribution in [0.3, 0.4) is 0 Å². The lowest BCUT2D eigenvalue weighted by atomic mass is 10.1. The summed E-state index contributed by atoms with van der Waals surface area (Å²) >= 11 is 0. The van der Waals surface area contributed by atoms with Gasteiger partial charge >= 0.3 is 0 Å². The van der Waals surface area contributed by atoms with E-state index >= 15 is 0 Å². The molecule has 0 spiro atoms. The third-order valence-corrected chi connectivity index (χ3v) is 3.41. The Hall–Kier alpha value is -1.29. The molecule has 0 atom stereocenters. The normalized spacial score (nSPS) is 16.4. The maximum absolute atomic E-state index is 13.6. The maximum Gasteiger partial charge on any atom is 0.167 e. The average molecular weight is 252 g/mol. The molecule has 1 aliphatic carbocycles. The summed E-state index contributed by atoms with van der Waals surface area (Å²) in [6.07, 6.45) is 2.47. The zero-order chi connectivity index (χ0) is 13.0. The third kappa shape index (κ3) is 3.13. The predicted molar refractivity (Wildman–Crippen MR) is 71.7 cm³/mol. The first-order valence-corrected chi connectivity index (χ1v) is 6.50. The van der Waals surface area contributed by atoms with Gasteiger partial charge in [-0.15, -0.1) is 0 Å². The lowest BCUT2D eigenvalue weighted by Gasteiger charge is -2.16. The number of ether oxygens (including phenoxy) is 1. The van der Waals surface area contributed by atoms with Gasteiger partial charge in [0.25, 0.3) is 0 Å². The van der Waals surface area contributed by atoms with Crippen LogP contribution < -0.4 is 15.4 Å². The van der Waals surface area contributed by atoms with Crippen LogP contribution in [0, 0.1) is 11.2 Å². The zero-order valence-corrected chi connectivity index (χ0v) is 11.1. The van der Waals surface area contributed by atoms with E-state index < -0.39 is 0 Å². The molecular formula is C14H21FN2O. The minimum atomic E-state index is -0.305. The lowest BCUT2D eigenvalue weighted by molar-refractivity contribution is 0.321. The van der Waals surface area contributed by atoms with E-state index in [1.54, 1.807) is 6.07 Å². The topological polar surface area (TPSA) is 33.3 Å². The molecule has 1 fully saturated rings. The highest BCUT2D eigenvalue weighted by Gasteiger charge is 2.41. The van der Waals surface area contributed by atoms with Gasteiger partial charge in [0.1, 0.15) is 0 Å². The summed E-state index contributed by atoms with van der Waals surface area (Å²) < 4.78 is 18.8. The summed E-state index contributed by atoms with van der Waals surface area (Å²) in [4.78, 5) is 0. The van der Waals surface area contributed by atoms with E-state index in [2.05, 4.69) is 10.6 Å². The summed E-state index contributed by atoms with van der Waals surface area (Å²) in [6.45, 7) is 4.23. The summed E-state index contributed by atoms with van der Waals surface area (Å²) in [6, 6.07) is 5.04. The SMILES string of the molecule is CCOc1ccc(NCC2(CNC)CC2)cc1F. The quantitative estimate of drug-likeness (QED) is 0.782. The highest BCUT2D eigenvalue weighted by molar-refractivity contribution is 5.47. The van der Waals surface area contributed by atoms with Crippen LogP contribution in [0.4, 0.5) is 10.1 Å². The smallest absolute Gasteiger partial charge is 0.167 e. The second-order valence-corrected chi connectivity index (χ2v) is 4.96. The Kier molecular flexibility index (Phi) is 4.07. The van der Waals surface area contributed by atoms with Crippen molar-refractivity contribution in [2.24, 2.45) is 5.41 Å². The largest absolute Gasteiger partial charge is 0.491 e. The molecule has 4 heteroatoms. The molecule has 3 nitrogen and oxygen atoms in total. The maximum atomic E-state index is 13.6. The molecule has 18 heavy (non-hydrogen) atoms. The predicted octanol–water partition coefficient (Wildman–Crippen LogP) is 2.64. The molecule has 0 saturated heterocycles. The fourth-order valence-electron chi connectivity index (χ4n) is 2.14. The molecule has 0 amide bonds. The van der Waals surface area contributed by atoms with Gasteiger partial charge in [-0.25, -0.2) is 4.39 Å². The van der Waals surface area contributed by atoms with Gasteiger partial charge in [-0.3, -0.25) is 0 Å². The Morgan fingerprint density at radius 2 is 2.11 bits per heavy atom. The van der Waals surface area contributed by atoms with Crippen LogP contribution in [0.25, 0.3) is 0 Å². The Labute approximate surface area is 108 Å². The van der Waals surface area contributed by atoms with Crippen LogP contribution in [-0.4, -0.2) is 26.7 Å². The molecule has 2 N–H and O–H groups in total. The molecule has 100 valence electrons. The van der Waals surface area contributed by atoms with Crippen LogP contribution in [0.5, 0.6) is 5.75 Å². The average Bonchev–Trinajstić information content (AvgIpc) is 3.11. The Balaban J connectivity index is 1.92. The van der Waals surface area contributed by atoms with Crippen molar-refractivity contribution in [1.82, 2.24) is 5.32 Å². The van der Waals surface area contributed by atoms with Crippen molar-refractivity contribution in [3.05, 3.63) is 24.0 Å². The fraction of sp³-hybridized carbons (Fsp3) is 0.571. The molecule has 2 rings (SSSR count). The zero-order valence-electron chi connectivity index (χ0n) is 11.1. The number of hydrogen-bond acceptors (Lipinski definition) is 3. The van der Waals surface area contributed by atoms with Crippen molar-refractivity contribution >= 4 is 5.69 Å². The van der Waals surface area contributed by atoms with Gasteiger partial charge < -0.3 is 15.4 Å². The van der Waals surface area contributed by atoms with Gasteiger partial charge in [0, 0.05) is 30.3 Å². The monoisotopic (exact) mass is 252 g/mol. The number of nitrogens with one attached hydrogen (secondary N) is 2. The molecule has 0 radical (unpaired) electrons. The van der Waals surface area contributed by atoms with Gasteiger partial charge in [0.05, 0.1) is 6.61 Å². The van der Waals surface area contributed by atoms with E-state index in [9.17, 15) is 4.39 Å². The van der Waals surface area contributed by atoms with Crippen molar-refractivity contribution in [2.45, 2.75) is 19.8 Å². The van der Waals surface area contributed by atoms with Crippen LogP contribution in [-0.2, 0) is 0 Å². The van der Waals surface area contributed by atoms with Crippen molar-refractivity contribution < 1.29 is 9.13 Å². The fourth-order valence-corrected chi connectivity index (χ4v) is 2.14. The Morgan fingerprint density at radius 1 is 1.33 bits per heavy atom. The highest BCUT2D eigenvalue weighted by Crippen LogP contribution is 2.44. The molecule has 1 aliphatic rings. The van der Waals surface area contributed by atoms with Crippen LogP contribution in [0.2, 0.25) is 0 Å². The van der Waals surface area contributed by atoms with Crippen molar-refractivity contribution in [1.29, 1.82) is 0 Å². The standard InChI is InChI=1S/C14H21FN2O/c1-3-18-13-5-4-11(8-12(13)15)17-10-14(6-7-14)9-16-2/h4-5,8,16-17H,3,6-7,9-10H2,1-2H3. The van der Waals surface area contributed by atoms with Gasteiger partial charge in [0.15, 0.2) is 11.6 Å². The second kappa shape index (κ2) is 5.57. The summed E-state index contributed by atoms with van der Waals surface area (Å²) in [5.74, 6) is 0.0136. The molecule has 1 saturated carbocycles. The van der Waals surface area contributed by atoms with E-state index in [1.165, 1.54) is 18.9 Å². The minimum absolute atomic E-state index is 0.305. The van der Waals surface area contributed by atoms with E-state index in [4.69, 9.17) is 4.74 Å². The molecule has 0 aliphatic heterocycles. The molecule has 0 aromatic heterocycles. The Bertz CT molecular complexity index is 405. The minimum Gasteiger partial charge on any atom is -0.491 e. The number of hydrogen-bond donors (Lipinski definition) is 2. The first-order valence-electron chi connectivity index (χ1n) is 6.50. The molecule has 0 unspecified atom stereocenters. The van der Waals surface area contributed by atoms with Crippen LogP contribution in [0.1, 0.15) is 19.8 Å². The molecule has 0 heterocycles. The molecular weight excluding hydrogens is 231 g/mol. The number of rotatable bonds is 7. The van der Waals surface area contributed by atoms with E-state index in [-0.39, 0.29) is 5.82 Å². The van der Waals surface area contributed by atoms with Gasteiger partial charge in [-0.05, 0) is 38.9 Å². The molecule has 0 bridgehead atoms. The highest BCUT2D eigenvalue weighted by atomic mass is 19.1.